The van der Waals surface area contributed by atoms with Crippen molar-refractivity contribution in [2.24, 2.45) is 0 Å². The molecule has 0 N–H and O–H groups in total. The maximum Gasteiger partial charge on any atom is 4.00 e. The molecule has 0 atom stereocenters. The van der Waals surface area contributed by atoms with Gasteiger partial charge in [-0.05, 0) is 48.5 Å². The van der Waals surface area contributed by atoms with E-state index in [1.54, 1.807) is 48.5 Å². The molecule has 0 fully saturated rings. The first-order chi connectivity index (χ1) is 23.2. The first kappa shape index (κ1) is 35.8. The number of rotatable bonds is 4. The monoisotopic (exact) mass is 780 g/mol. The topological polar surface area (TPSA) is 234 Å². The number of carbonyl (C=O) groups is 4. The third-order valence-corrected chi connectivity index (χ3v) is 6.47. The molecule has 16 nitrogen and oxygen atoms in total. The Morgan fingerprint density at radius 3 is 0.755 bits per heavy atom. The van der Waals surface area contributed by atoms with E-state index in [4.69, 9.17) is 37.9 Å². The number of benzene rings is 4. The van der Waals surface area contributed by atoms with Crippen molar-refractivity contribution in [2.45, 2.75) is 0 Å². The van der Waals surface area contributed by atoms with E-state index in [9.17, 15) is 39.6 Å². The van der Waals surface area contributed by atoms with Crippen molar-refractivity contribution in [3.63, 3.8) is 0 Å². The van der Waals surface area contributed by atoms with E-state index >= 15 is 0 Å². The summed E-state index contributed by atoms with van der Waals surface area (Å²) >= 11 is 0. The Morgan fingerprint density at radius 1 is 0.367 bits per heavy atom. The van der Waals surface area contributed by atoms with Gasteiger partial charge in [-0.25, -0.2) is 0 Å². The van der Waals surface area contributed by atoms with Crippen LogP contribution in [0.1, 0.15) is 41.4 Å². The second-order valence-electron chi connectivity index (χ2n) is 9.31. The van der Waals surface area contributed by atoms with E-state index in [0.717, 1.165) is 0 Å². The summed E-state index contributed by atoms with van der Waals surface area (Å²) in [6, 6.07) is 18.6. The zero-order valence-corrected chi connectivity index (χ0v) is 27.6. The molecule has 0 bridgehead atoms. The second-order valence-corrected chi connectivity index (χ2v) is 9.31. The zero-order valence-electron chi connectivity index (χ0n) is 24.8. The Balaban J connectivity index is 0.000000146. The van der Waals surface area contributed by atoms with Gasteiger partial charge in [-0.2, -0.15) is 0 Å². The van der Waals surface area contributed by atoms with Crippen molar-refractivity contribution in [1.82, 2.24) is 0 Å². The molecular weight excluding hydrogens is 759 g/mol. The molecule has 0 amide bonds. The van der Waals surface area contributed by atoms with E-state index in [-0.39, 0.29) is 96.3 Å². The molecule has 0 spiro atoms. The Labute approximate surface area is 292 Å². The number of hydrogen-bond donors (Lipinski definition) is 0. The minimum atomic E-state index is -1.25. The van der Waals surface area contributed by atoms with Gasteiger partial charge in [0.25, 0.3) is 0 Å². The quantitative estimate of drug-likeness (QED) is 0.220. The van der Waals surface area contributed by atoms with E-state index in [1.165, 1.54) is 24.3 Å². The molecule has 0 radical (unpaired) electrons. The Kier molecular flexibility index (Phi) is 11.8. The fraction of sp³-hybridized carbons (Fsp3) is 0.125. The van der Waals surface area contributed by atoms with Gasteiger partial charge >= 0.3 is 23.9 Å². The molecule has 0 aliphatic carbocycles. The number of carboxylic acid groups (broad SMARTS) is 4. The third-order valence-electron chi connectivity index (χ3n) is 6.47. The van der Waals surface area contributed by atoms with Crippen LogP contribution in [0.2, 0.25) is 0 Å². The molecule has 4 aromatic carbocycles. The normalized spacial score (nSPS) is 12.7. The summed E-state index contributed by atoms with van der Waals surface area (Å²) in [5.41, 5.74) is 0.130. The van der Waals surface area contributed by atoms with E-state index in [2.05, 4.69) is 0 Å². The van der Waals surface area contributed by atoms with Crippen LogP contribution in [-0.2, 0) is 0 Å². The number of carboxylic acids is 4. The van der Waals surface area contributed by atoms with Crippen molar-refractivity contribution in [1.29, 1.82) is 0 Å². The van der Waals surface area contributed by atoms with Gasteiger partial charge in [0.15, 0.2) is 46.0 Å². The van der Waals surface area contributed by atoms with Crippen LogP contribution in [0, 0.1) is 0 Å². The van der Waals surface area contributed by atoms with Gasteiger partial charge in [0.05, 0.1) is 23.9 Å². The van der Waals surface area contributed by atoms with Gasteiger partial charge in [-0.3, -0.25) is 0 Å². The van der Waals surface area contributed by atoms with Gasteiger partial charge in [-0.1, -0.05) is 24.3 Å². The van der Waals surface area contributed by atoms with Crippen molar-refractivity contribution >= 4 is 47.8 Å². The predicted octanol–water partition coefficient (Wildman–Crippen LogP) is -1.27. The van der Waals surface area contributed by atoms with Gasteiger partial charge < -0.3 is 77.5 Å². The fourth-order valence-electron chi connectivity index (χ4n) is 4.36. The van der Waals surface area contributed by atoms with Crippen LogP contribution in [-0.4, -0.2) is 75.0 Å². The maximum atomic E-state index is 10.5. The molecule has 4 aromatic rings. The van der Waals surface area contributed by atoms with Crippen molar-refractivity contribution in [3.8, 4) is 46.0 Å². The maximum absolute atomic E-state index is 10.5. The average Bonchev–Trinajstić information content (AvgIpc) is 3.90. The summed E-state index contributed by atoms with van der Waals surface area (Å²) < 4.78 is 39.7. The summed E-state index contributed by atoms with van der Waals surface area (Å²) in [7, 11) is 0. The molecule has 17 heteroatoms. The van der Waals surface area contributed by atoms with Crippen molar-refractivity contribution < 1.29 is 77.5 Å². The second kappa shape index (κ2) is 16.2. The Hall–Kier alpha value is -6.04. The summed E-state index contributed by atoms with van der Waals surface area (Å²) in [6.45, 7) is 0.276. The number of hydrogen-bond acceptors (Lipinski definition) is 16. The smallest absolute Gasteiger partial charge is 0.545 e. The Morgan fingerprint density at radius 2 is 0.571 bits per heavy atom. The molecule has 248 valence electrons. The van der Waals surface area contributed by atoms with Crippen LogP contribution in [0.3, 0.4) is 0 Å². The molecule has 49 heavy (non-hydrogen) atoms. The van der Waals surface area contributed by atoms with E-state index in [1.807, 2.05) is 0 Å². The summed E-state index contributed by atoms with van der Waals surface area (Å²) in [5.74, 6) is -2.14. The fourth-order valence-corrected chi connectivity index (χ4v) is 4.36. The summed E-state index contributed by atoms with van der Waals surface area (Å²) in [6.07, 6.45) is 0. The van der Waals surface area contributed by atoms with Crippen LogP contribution < -0.4 is 58.3 Å². The van der Waals surface area contributed by atoms with E-state index < -0.39 is 23.9 Å². The van der Waals surface area contributed by atoms with Gasteiger partial charge in [0.1, 0.15) is 0 Å². The van der Waals surface area contributed by atoms with E-state index in [0.29, 0.717) is 23.0 Å². The molecule has 0 saturated heterocycles. The van der Waals surface area contributed by atoms with Gasteiger partial charge in [-0.15, -0.1) is 0 Å². The van der Waals surface area contributed by atoms with Crippen LogP contribution in [0.5, 0.6) is 46.0 Å². The minimum absolute atomic E-state index is 0. The van der Waals surface area contributed by atoms with Crippen LogP contribution in [0.4, 0.5) is 0 Å². The summed E-state index contributed by atoms with van der Waals surface area (Å²) in [4.78, 5) is 42.1. The van der Waals surface area contributed by atoms with Gasteiger partial charge in [0.2, 0.25) is 27.2 Å². The third kappa shape index (κ3) is 8.28. The minimum Gasteiger partial charge on any atom is -0.545 e. The first-order valence-corrected chi connectivity index (χ1v) is 13.6. The predicted molar refractivity (Wildman–Crippen MR) is 153 cm³/mol. The SMILES string of the molecule is O=C([O-])c1cccc2c1OCO2.O=C([O-])c1cccc2c1OCO2.O=C([O-])c1cccc2c1OCO2.O=C([O-])c1cccc2c1OCO2.[Sn+4]. The molecule has 4 heterocycles. The van der Waals surface area contributed by atoms with Crippen LogP contribution in [0.15, 0.2) is 72.8 Å². The summed E-state index contributed by atoms with van der Waals surface area (Å²) in [5, 5.41) is 42.1. The molecule has 8 rings (SSSR count). The number of aromatic carboxylic acids is 4. The largest absolute Gasteiger partial charge is 4.00 e. The van der Waals surface area contributed by atoms with Crippen molar-refractivity contribution in [3.05, 3.63) is 95.1 Å². The number of ether oxygens (including phenoxy) is 8. The number of carbonyl (C=O) groups excluding carboxylic acids is 4. The Bertz CT molecular complexity index is 1600. The number of para-hydroxylation sites is 4. The van der Waals surface area contributed by atoms with Crippen LogP contribution in [0.25, 0.3) is 0 Å². The number of fused-ring (bicyclic) bond motifs is 4. The molecule has 0 saturated carbocycles. The molecule has 0 aromatic heterocycles. The van der Waals surface area contributed by atoms with Gasteiger partial charge in [0, 0.05) is 22.3 Å². The molecule has 0 unspecified atom stereocenters. The van der Waals surface area contributed by atoms with Crippen molar-refractivity contribution in [2.75, 3.05) is 27.2 Å². The van der Waals surface area contributed by atoms with Crippen LogP contribution >= 0.6 is 0 Å². The first-order valence-electron chi connectivity index (χ1n) is 13.6. The average molecular weight is 779 g/mol. The zero-order chi connectivity index (χ0) is 34.2. The molecule has 4 aliphatic rings. The molecular formula is C32H20O16Sn. The molecule has 4 aliphatic heterocycles. The standard InChI is InChI=1S/4C8H6O4.Sn/c4*9-8(10)5-2-1-3-6-7(5)12-4-11-6;/h4*1-3H,4H2,(H,9,10);/q;;;;+4/p-4.